The van der Waals surface area contributed by atoms with Crippen molar-refractivity contribution in [3.63, 3.8) is 0 Å². The fraction of sp³-hybridized carbons (Fsp3) is 0.250. The van der Waals surface area contributed by atoms with Crippen molar-refractivity contribution in [2.75, 3.05) is 20.3 Å². The second-order valence-corrected chi connectivity index (χ2v) is 5.60. The van der Waals surface area contributed by atoms with Crippen molar-refractivity contribution >= 4 is 21.8 Å². The maximum absolute atomic E-state index is 12.0. The first-order chi connectivity index (χ1) is 9.47. The summed E-state index contributed by atoms with van der Waals surface area (Å²) < 4.78 is 35.5. The number of nitrogens with one attached hydrogen (secondary N) is 1. The van der Waals surface area contributed by atoms with Crippen molar-refractivity contribution in [2.45, 2.75) is 4.90 Å². The van der Waals surface area contributed by atoms with Gasteiger partial charge in [0.25, 0.3) is 10.0 Å². The van der Waals surface area contributed by atoms with Crippen molar-refractivity contribution in [1.82, 2.24) is 4.72 Å². The minimum atomic E-state index is -3.90. The van der Waals surface area contributed by atoms with Gasteiger partial charge in [-0.3, -0.25) is 4.72 Å². The maximum atomic E-state index is 12.0. The molecular formula is C12H13NO6S. The number of aliphatic hydroxyl groups is 1. The van der Waals surface area contributed by atoms with Crippen LogP contribution in [0.4, 0.5) is 0 Å². The maximum Gasteiger partial charge on any atom is 0.359 e. The second kappa shape index (κ2) is 5.51. The molecule has 0 saturated carbocycles. The molecule has 1 aromatic carbocycles. The topological polar surface area (TPSA) is 102 Å². The molecule has 8 heteroatoms. The Morgan fingerprint density at radius 3 is 2.70 bits per heavy atom. The Hall–Kier alpha value is -2.06. The first-order valence-corrected chi connectivity index (χ1v) is 7.17. The molecule has 0 aromatic heterocycles. The van der Waals surface area contributed by atoms with Gasteiger partial charge in [-0.05, 0) is 12.1 Å². The van der Waals surface area contributed by atoms with E-state index >= 15 is 0 Å². The van der Waals surface area contributed by atoms with Crippen LogP contribution in [0.15, 0.2) is 34.9 Å². The molecule has 0 atom stereocenters. The van der Waals surface area contributed by atoms with E-state index in [-0.39, 0.29) is 23.7 Å². The summed E-state index contributed by atoms with van der Waals surface area (Å²) in [5.74, 6) is -1.42. The lowest BCUT2D eigenvalue weighted by Gasteiger charge is -2.20. The zero-order valence-electron chi connectivity index (χ0n) is 10.6. The van der Waals surface area contributed by atoms with E-state index in [9.17, 15) is 18.3 Å². The van der Waals surface area contributed by atoms with Crippen molar-refractivity contribution in [3.05, 3.63) is 35.5 Å². The highest BCUT2D eigenvalue weighted by molar-refractivity contribution is 7.89. The van der Waals surface area contributed by atoms with Gasteiger partial charge >= 0.3 is 5.97 Å². The number of carbonyl (C=O) groups is 1. The van der Waals surface area contributed by atoms with Crippen LogP contribution in [0, 0.1) is 0 Å². The average molecular weight is 299 g/mol. The monoisotopic (exact) mass is 299 g/mol. The van der Waals surface area contributed by atoms with E-state index in [0.29, 0.717) is 0 Å². The lowest BCUT2D eigenvalue weighted by atomic mass is 10.1. The van der Waals surface area contributed by atoms with Crippen LogP contribution in [0.2, 0.25) is 0 Å². The molecule has 108 valence electrons. The molecule has 0 unspecified atom stereocenters. The van der Waals surface area contributed by atoms with Gasteiger partial charge in [-0.15, -0.1) is 0 Å². The van der Waals surface area contributed by atoms with Gasteiger partial charge in [-0.2, -0.15) is 0 Å². The molecule has 0 spiro atoms. The number of fused-ring (bicyclic) bond motifs is 1. The number of hydrogen-bond acceptors (Lipinski definition) is 6. The van der Waals surface area contributed by atoms with Gasteiger partial charge in [-0.1, -0.05) is 12.1 Å². The number of methoxy groups -OCH3 is 1. The Labute approximate surface area is 115 Å². The van der Waals surface area contributed by atoms with Gasteiger partial charge in [0.1, 0.15) is 6.61 Å². The number of esters is 1. The normalized spacial score (nSPS) is 16.2. The van der Waals surface area contributed by atoms with E-state index in [4.69, 9.17) is 9.47 Å². The van der Waals surface area contributed by atoms with Crippen molar-refractivity contribution in [1.29, 1.82) is 0 Å². The fourth-order valence-electron chi connectivity index (χ4n) is 1.70. The molecule has 7 nitrogen and oxygen atoms in total. The van der Waals surface area contributed by atoms with Crippen molar-refractivity contribution in [3.8, 4) is 0 Å². The van der Waals surface area contributed by atoms with Gasteiger partial charge in [0.2, 0.25) is 0 Å². The highest BCUT2D eigenvalue weighted by Crippen LogP contribution is 2.28. The number of hydrogen-bond donors (Lipinski definition) is 2. The van der Waals surface area contributed by atoms with Crippen LogP contribution in [-0.2, 0) is 24.3 Å². The first kappa shape index (κ1) is 14.4. The lowest BCUT2D eigenvalue weighted by Crippen LogP contribution is -2.34. The van der Waals surface area contributed by atoms with E-state index in [2.05, 4.69) is 0 Å². The summed E-state index contributed by atoms with van der Waals surface area (Å²) >= 11 is 0. The van der Waals surface area contributed by atoms with Crippen LogP contribution in [-0.4, -0.2) is 39.8 Å². The molecule has 1 aromatic rings. The van der Waals surface area contributed by atoms with Crippen molar-refractivity contribution in [2.24, 2.45) is 0 Å². The largest absolute Gasteiger partial charge is 0.505 e. The number of aliphatic hydroxyl groups excluding tert-OH is 1. The summed E-state index contributed by atoms with van der Waals surface area (Å²) in [6.07, 6.45) is 0. The molecule has 2 N–H and O–H groups in total. The van der Waals surface area contributed by atoms with Gasteiger partial charge in [0.15, 0.2) is 11.5 Å². The van der Waals surface area contributed by atoms with Gasteiger partial charge < -0.3 is 14.6 Å². The Balaban J connectivity index is 2.38. The Morgan fingerprint density at radius 2 is 2.00 bits per heavy atom. The van der Waals surface area contributed by atoms with E-state index in [1.165, 1.54) is 25.3 Å². The quantitative estimate of drug-likeness (QED) is 0.616. The fourth-order valence-corrected chi connectivity index (χ4v) is 2.97. The van der Waals surface area contributed by atoms with Gasteiger partial charge in [-0.25, -0.2) is 13.2 Å². The van der Waals surface area contributed by atoms with E-state index in [0.717, 1.165) is 0 Å². The third kappa shape index (κ3) is 2.61. The number of ether oxygens (including phenoxy) is 2. The molecule has 1 aliphatic heterocycles. The number of rotatable bonds is 4. The standard InChI is InChI=1S/C12H13NO6S/c1-18-6-7-19-12(15)10-11(14)8-4-2-3-5-9(8)20(16,17)13-10/h2-5,13-14H,6-7H2,1H3. The summed E-state index contributed by atoms with van der Waals surface area (Å²) in [4.78, 5) is 11.7. The SMILES string of the molecule is COCCOC(=O)C1=C(O)c2ccccc2S(=O)(=O)N1. The van der Waals surface area contributed by atoms with Crippen LogP contribution in [0.5, 0.6) is 0 Å². The Bertz CT molecular complexity index is 664. The van der Waals surface area contributed by atoms with E-state index in [1.807, 2.05) is 4.72 Å². The molecular weight excluding hydrogens is 286 g/mol. The summed E-state index contributed by atoms with van der Waals surface area (Å²) in [7, 11) is -2.47. The van der Waals surface area contributed by atoms with E-state index < -0.39 is 27.4 Å². The summed E-state index contributed by atoms with van der Waals surface area (Å²) in [5.41, 5.74) is -0.440. The zero-order valence-corrected chi connectivity index (χ0v) is 11.4. The Morgan fingerprint density at radius 1 is 1.30 bits per heavy atom. The molecule has 0 radical (unpaired) electrons. The molecule has 1 aliphatic rings. The van der Waals surface area contributed by atoms with Crippen LogP contribution in [0.1, 0.15) is 5.56 Å². The third-order valence-corrected chi connectivity index (χ3v) is 4.04. The van der Waals surface area contributed by atoms with Crippen LogP contribution in [0.25, 0.3) is 5.76 Å². The van der Waals surface area contributed by atoms with Gasteiger partial charge in [0.05, 0.1) is 11.5 Å². The second-order valence-electron chi connectivity index (χ2n) is 3.95. The van der Waals surface area contributed by atoms with Crippen molar-refractivity contribution < 1.29 is 27.8 Å². The first-order valence-electron chi connectivity index (χ1n) is 5.69. The van der Waals surface area contributed by atoms with Crippen LogP contribution < -0.4 is 4.72 Å². The van der Waals surface area contributed by atoms with Crippen LogP contribution in [0.3, 0.4) is 0 Å². The highest BCUT2D eigenvalue weighted by atomic mass is 32.2. The number of carbonyl (C=O) groups excluding carboxylic acids is 1. The molecule has 0 saturated heterocycles. The summed E-state index contributed by atoms with van der Waals surface area (Å²) in [6.45, 7) is 0.124. The van der Waals surface area contributed by atoms with E-state index in [1.54, 1.807) is 6.07 Å². The third-order valence-electron chi connectivity index (χ3n) is 2.63. The molecule has 0 amide bonds. The Kier molecular flexibility index (Phi) is 3.96. The predicted octanol–water partition coefficient (Wildman–Crippen LogP) is 0.395. The molecule has 1 heterocycles. The number of sulfonamides is 1. The number of benzene rings is 1. The van der Waals surface area contributed by atoms with Crippen LogP contribution >= 0.6 is 0 Å². The summed E-state index contributed by atoms with van der Waals surface area (Å²) in [5, 5.41) is 10.0. The lowest BCUT2D eigenvalue weighted by molar-refractivity contribution is -0.140. The molecule has 2 rings (SSSR count). The average Bonchev–Trinajstić information content (AvgIpc) is 2.43. The molecule has 0 fully saturated rings. The van der Waals surface area contributed by atoms with Gasteiger partial charge in [0, 0.05) is 12.7 Å². The minimum Gasteiger partial charge on any atom is -0.505 e. The highest BCUT2D eigenvalue weighted by Gasteiger charge is 2.33. The molecule has 20 heavy (non-hydrogen) atoms. The predicted molar refractivity (Wildman–Crippen MR) is 69.1 cm³/mol. The smallest absolute Gasteiger partial charge is 0.359 e. The molecule has 0 bridgehead atoms. The summed E-state index contributed by atoms with van der Waals surface area (Å²) in [6, 6.07) is 5.82. The molecule has 0 aliphatic carbocycles. The zero-order chi connectivity index (χ0) is 14.8. The minimum absolute atomic E-state index is 0.0461.